The maximum absolute atomic E-state index is 6.03. The Kier molecular flexibility index (Phi) is 2.68. The highest BCUT2D eigenvalue weighted by Crippen LogP contribution is 2.39. The number of hydrogen-bond donors (Lipinski definition) is 0. The van der Waals surface area contributed by atoms with Gasteiger partial charge in [-0.1, -0.05) is 37.2 Å². The zero-order valence-corrected chi connectivity index (χ0v) is 11.3. The maximum atomic E-state index is 6.03. The Morgan fingerprint density at radius 2 is 2.24 bits per heavy atom. The van der Waals surface area contributed by atoms with Crippen LogP contribution in [-0.4, -0.2) is 10.1 Å². The summed E-state index contributed by atoms with van der Waals surface area (Å²) in [5.41, 5.74) is 3.60. The Balaban J connectivity index is 2.01. The molecule has 0 saturated heterocycles. The van der Waals surface area contributed by atoms with E-state index in [-0.39, 0.29) is 0 Å². The third-order valence-corrected chi connectivity index (χ3v) is 4.12. The standard InChI is InChI=1S/C13H13ClN2S/c1-8(2)12-7-17-13-15-11-4-3-10(14)5-9(11)6-16(12)13/h3-5,7-8H,6H2,1-2H3. The summed E-state index contributed by atoms with van der Waals surface area (Å²) < 4.78 is 0. The molecule has 4 heteroatoms. The molecular formula is C13H13ClN2S. The fourth-order valence-corrected chi connectivity index (χ4v) is 3.38. The number of fused-ring (bicyclic) bond motifs is 2. The van der Waals surface area contributed by atoms with Gasteiger partial charge < -0.3 is 4.90 Å². The van der Waals surface area contributed by atoms with E-state index >= 15 is 0 Å². The first-order valence-corrected chi connectivity index (χ1v) is 6.92. The normalized spacial score (nSPS) is 17.8. The first-order chi connectivity index (χ1) is 8.15. The van der Waals surface area contributed by atoms with Crippen LogP contribution in [0.25, 0.3) is 0 Å². The molecule has 0 spiro atoms. The third-order valence-electron chi connectivity index (χ3n) is 3.01. The molecule has 2 aliphatic rings. The van der Waals surface area contributed by atoms with Crippen molar-refractivity contribution < 1.29 is 0 Å². The van der Waals surface area contributed by atoms with Crippen LogP contribution in [0.15, 0.2) is 34.3 Å². The molecule has 0 radical (unpaired) electrons. The van der Waals surface area contributed by atoms with Crippen LogP contribution in [0.3, 0.4) is 0 Å². The Morgan fingerprint density at radius 3 is 3.00 bits per heavy atom. The number of hydrogen-bond acceptors (Lipinski definition) is 3. The summed E-state index contributed by atoms with van der Waals surface area (Å²) in [5.74, 6) is 0.524. The summed E-state index contributed by atoms with van der Waals surface area (Å²) in [6.45, 7) is 5.30. The predicted octanol–water partition coefficient (Wildman–Crippen LogP) is 4.39. The summed E-state index contributed by atoms with van der Waals surface area (Å²) in [4.78, 5) is 6.96. The summed E-state index contributed by atoms with van der Waals surface area (Å²) in [5, 5.41) is 4.07. The molecule has 0 saturated carbocycles. The SMILES string of the molecule is CC(C)C1=CSC2=Nc3ccc(Cl)cc3CN12. The van der Waals surface area contributed by atoms with Gasteiger partial charge in [-0.05, 0) is 35.1 Å². The van der Waals surface area contributed by atoms with E-state index in [1.54, 1.807) is 11.8 Å². The van der Waals surface area contributed by atoms with Crippen LogP contribution in [0.5, 0.6) is 0 Å². The number of amidine groups is 1. The second kappa shape index (κ2) is 4.07. The first-order valence-electron chi connectivity index (χ1n) is 5.66. The molecule has 17 heavy (non-hydrogen) atoms. The van der Waals surface area contributed by atoms with Crippen LogP contribution in [0, 0.1) is 5.92 Å². The molecular weight excluding hydrogens is 252 g/mol. The van der Waals surface area contributed by atoms with Gasteiger partial charge in [-0.25, -0.2) is 4.99 Å². The Bertz CT molecular complexity index is 534. The largest absolute Gasteiger partial charge is 0.319 e. The minimum absolute atomic E-state index is 0.524. The fourth-order valence-electron chi connectivity index (χ4n) is 2.11. The predicted molar refractivity (Wildman–Crippen MR) is 74.6 cm³/mol. The molecule has 2 heterocycles. The number of halogens is 1. The quantitative estimate of drug-likeness (QED) is 0.748. The average Bonchev–Trinajstić information content (AvgIpc) is 2.68. The number of aliphatic imine (C=N–C) groups is 1. The minimum atomic E-state index is 0.524. The molecule has 0 N–H and O–H groups in total. The zero-order chi connectivity index (χ0) is 12.0. The van der Waals surface area contributed by atoms with Gasteiger partial charge in [-0.15, -0.1) is 0 Å². The Morgan fingerprint density at radius 1 is 1.41 bits per heavy atom. The van der Waals surface area contributed by atoms with Crippen molar-refractivity contribution in [2.45, 2.75) is 20.4 Å². The highest BCUT2D eigenvalue weighted by molar-refractivity contribution is 8.16. The van der Waals surface area contributed by atoms with Crippen molar-refractivity contribution in [1.82, 2.24) is 4.90 Å². The summed E-state index contributed by atoms with van der Waals surface area (Å²) in [6.07, 6.45) is 0. The van der Waals surface area contributed by atoms with E-state index in [2.05, 4.69) is 29.1 Å². The van der Waals surface area contributed by atoms with Crippen LogP contribution in [0.4, 0.5) is 5.69 Å². The van der Waals surface area contributed by atoms with Gasteiger partial charge in [0.1, 0.15) is 0 Å². The van der Waals surface area contributed by atoms with E-state index < -0.39 is 0 Å². The van der Waals surface area contributed by atoms with Crippen LogP contribution in [-0.2, 0) is 6.54 Å². The van der Waals surface area contributed by atoms with Crippen molar-refractivity contribution in [3.63, 3.8) is 0 Å². The van der Waals surface area contributed by atoms with Crippen molar-refractivity contribution in [3.8, 4) is 0 Å². The average molecular weight is 265 g/mol. The van der Waals surface area contributed by atoms with Crippen molar-refractivity contribution in [1.29, 1.82) is 0 Å². The Labute approximate surface area is 110 Å². The fraction of sp³-hybridized carbons (Fsp3) is 0.308. The van der Waals surface area contributed by atoms with Gasteiger partial charge >= 0.3 is 0 Å². The van der Waals surface area contributed by atoms with Crippen LogP contribution in [0.1, 0.15) is 19.4 Å². The van der Waals surface area contributed by atoms with Crippen molar-refractivity contribution in [3.05, 3.63) is 39.9 Å². The third kappa shape index (κ3) is 1.87. The van der Waals surface area contributed by atoms with Crippen molar-refractivity contribution in [2.24, 2.45) is 10.9 Å². The molecule has 0 atom stereocenters. The molecule has 1 aromatic rings. The molecule has 0 fully saturated rings. The topological polar surface area (TPSA) is 15.6 Å². The van der Waals surface area contributed by atoms with Gasteiger partial charge in [0.05, 0.1) is 12.2 Å². The van der Waals surface area contributed by atoms with Crippen LogP contribution >= 0.6 is 23.4 Å². The molecule has 0 aromatic heterocycles. The van der Waals surface area contributed by atoms with Gasteiger partial charge in [0, 0.05) is 10.7 Å². The van der Waals surface area contributed by atoms with Gasteiger partial charge in [-0.2, -0.15) is 0 Å². The highest BCUT2D eigenvalue weighted by atomic mass is 35.5. The number of rotatable bonds is 1. The summed E-state index contributed by atoms with van der Waals surface area (Å²) in [6, 6.07) is 5.91. The van der Waals surface area contributed by atoms with E-state index in [0.29, 0.717) is 5.92 Å². The van der Waals surface area contributed by atoms with E-state index in [1.807, 2.05) is 18.2 Å². The van der Waals surface area contributed by atoms with Gasteiger partial charge in [0.25, 0.3) is 0 Å². The molecule has 0 unspecified atom stereocenters. The molecule has 3 rings (SSSR count). The Hall–Kier alpha value is -0.930. The van der Waals surface area contributed by atoms with E-state index in [1.165, 1.54) is 11.3 Å². The summed E-state index contributed by atoms with van der Waals surface area (Å²) in [7, 11) is 0. The monoisotopic (exact) mass is 264 g/mol. The van der Waals surface area contributed by atoms with Crippen LogP contribution in [0.2, 0.25) is 5.02 Å². The lowest BCUT2D eigenvalue weighted by atomic mass is 10.1. The van der Waals surface area contributed by atoms with E-state index in [9.17, 15) is 0 Å². The van der Waals surface area contributed by atoms with E-state index in [4.69, 9.17) is 11.6 Å². The lowest BCUT2D eigenvalue weighted by Crippen LogP contribution is -2.28. The van der Waals surface area contributed by atoms with E-state index in [0.717, 1.165) is 22.4 Å². The number of benzene rings is 1. The van der Waals surface area contributed by atoms with Crippen molar-refractivity contribution >= 4 is 34.2 Å². The highest BCUT2D eigenvalue weighted by Gasteiger charge is 2.28. The lowest BCUT2D eigenvalue weighted by molar-refractivity contribution is 0.455. The van der Waals surface area contributed by atoms with Gasteiger partial charge in [0.15, 0.2) is 5.17 Å². The number of nitrogens with zero attached hydrogens (tertiary/aromatic N) is 2. The summed E-state index contributed by atoms with van der Waals surface area (Å²) >= 11 is 7.74. The van der Waals surface area contributed by atoms with Gasteiger partial charge in [-0.3, -0.25) is 0 Å². The molecule has 0 amide bonds. The molecule has 88 valence electrons. The maximum Gasteiger partial charge on any atom is 0.173 e. The number of thioether (sulfide) groups is 1. The smallest absolute Gasteiger partial charge is 0.173 e. The molecule has 0 bridgehead atoms. The minimum Gasteiger partial charge on any atom is -0.319 e. The van der Waals surface area contributed by atoms with Gasteiger partial charge in [0.2, 0.25) is 0 Å². The van der Waals surface area contributed by atoms with Crippen LogP contribution < -0.4 is 0 Å². The van der Waals surface area contributed by atoms with Crippen molar-refractivity contribution in [2.75, 3.05) is 0 Å². The second-order valence-corrected chi connectivity index (χ2v) is 5.84. The lowest BCUT2D eigenvalue weighted by Gasteiger charge is -2.28. The zero-order valence-electron chi connectivity index (χ0n) is 9.77. The molecule has 0 aliphatic carbocycles. The second-order valence-electron chi connectivity index (χ2n) is 4.57. The molecule has 2 aliphatic heterocycles. The molecule has 2 nitrogen and oxygen atoms in total. The number of allylic oxidation sites excluding steroid dienone is 1. The first kappa shape index (κ1) is 11.2. The molecule has 1 aromatic carbocycles.